The van der Waals surface area contributed by atoms with Crippen molar-refractivity contribution in [3.05, 3.63) is 59.7 Å². The number of fused-ring (bicyclic) bond motifs is 3. The number of alkyl carbamates (subject to hydrolysis) is 1. The van der Waals surface area contributed by atoms with Gasteiger partial charge in [-0.1, -0.05) is 48.5 Å². The van der Waals surface area contributed by atoms with Crippen LogP contribution in [0.15, 0.2) is 48.5 Å². The van der Waals surface area contributed by atoms with E-state index in [1.54, 1.807) is 0 Å². The summed E-state index contributed by atoms with van der Waals surface area (Å²) in [5.74, 6) is -1.04. The second-order valence-electron chi connectivity index (χ2n) is 8.22. The van der Waals surface area contributed by atoms with E-state index in [2.05, 4.69) is 22.8 Å². The van der Waals surface area contributed by atoms with Crippen molar-refractivity contribution in [3.8, 4) is 11.1 Å². The Hall–Kier alpha value is -3.35. The fourth-order valence-electron chi connectivity index (χ4n) is 4.72. The van der Waals surface area contributed by atoms with E-state index >= 15 is 0 Å². The first-order chi connectivity index (χ1) is 15.0. The molecule has 162 valence electrons. The van der Waals surface area contributed by atoms with E-state index in [1.807, 2.05) is 36.4 Å². The van der Waals surface area contributed by atoms with Crippen molar-refractivity contribution in [2.45, 2.75) is 37.6 Å². The molecule has 4 rings (SSSR count). The van der Waals surface area contributed by atoms with Gasteiger partial charge in [-0.2, -0.15) is 0 Å². The van der Waals surface area contributed by atoms with Crippen LogP contribution in [0.2, 0.25) is 0 Å². The van der Waals surface area contributed by atoms with Crippen molar-refractivity contribution >= 4 is 18.0 Å². The molecule has 0 aromatic heterocycles. The number of hydrogen-bond acceptors (Lipinski definition) is 4. The maximum absolute atomic E-state index is 12.2. The molecule has 3 N–H and O–H groups in total. The highest BCUT2D eigenvalue weighted by molar-refractivity contribution is 5.82. The number of aliphatic carboxylic acids is 1. The molecular weight excluding hydrogens is 396 g/mol. The third kappa shape index (κ3) is 4.87. The predicted molar refractivity (Wildman–Crippen MR) is 115 cm³/mol. The number of amides is 2. The average Bonchev–Trinajstić information content (AvgIpc) is 3.32. The number of carbonyl (C=O) groups is 3. The smallest absolute Gasteiger partial charge is 0.407 e. The molecule has 2 aliphatic rings. The molecule has 1 saturated carbocycles. The zero-order valence-electron chi connectivity index (χ0n) is 17.2. The summed E-state index contributed by atoms with van der Waals surface area (Å²) in [4.78, 5) is 35.1. The van der Waals surface area contributed by atoms with Crippen LogP contribution in [-0.2, 0) is 14.3 Å². The summed E-state index contributed by atoms with van der Waals surface area (Å²) < 4.78 is 5.43. The molecule has 0 heterocycles. The van der Waals surface area contributed by atoms with E-state index in [-0.39, 0.29) is 43.4 Å². The van der Waals surface area contributed by atoms with Gasteiger partial charge in [-0.15, -0.1) is 0 Å². The van der Waals surface area contributed by atoms with E-state index in [9.17, 15) is 14.4 Å². The summed E-state index contributed by atoms with van der Waals surface area (Å²) in [5.41, 5.74) is 4.58. The van der Waals surface area contributed by atoms with Gasteiger partial charge in [-0.05, 0) is 47.4 Å². The lowest BCUT2D eigenvalue weighted by atomic mass is 9.98. The number of rotatable bonds is 7. The van der Waals surface area contributed by atoms with Gasteiger partial charge in [0.05, 0.1) is 0 Å². The number of carbonyl (C=O) groups excluding carboxylic acids is 2. The van der Waals surface area contributed by atoms with E-state index < -0.39 is 12.1 Å². The molecule has 0 spiro atoms. The number of nitrogens with one attached hydrogen (secondary N) is 2. The first kappa shape index (κ1) is 20.9. The summed E-state index contributed by atoms with van der Waals surface area (Å²) >= 11 is 0. The number of hydrogen-bond donors (Lipinski definition) is 3. The Bertz CT molecular complexity index is 944. The van der Waals surface area contributed by atoms with Crippen molar-refractivity contribution in [1.82, 2.24) is 10.6 Å². The van der Waals surface area contributed by atoms with E-state index in [1.165, 1.54) is 0 Å². The molecule has 7 heteroatoms. The topological polar surface area (TPSA) is 105 Å². The first-order valence-corrected chi connectivity index (χ1v) is 10.6. The van der Waals surface area contributed by atoms with Crippen LogP contribution < -0.4 is 10.6 Å². The molecular formula is C24H26N2O5. The second-order valence-corrected chi connectivity index (χ2v) is 8.22. The van der Waals surface area contributed by atoms with Gasteiger partial charge in [0, 0.05) is 18.4 Å². The van der Waals surface area contributed by atoms with Crippen molar-refractivity contribution in [3.63, 3.8) is 0 Å². The van der Waals surface area contributed by atoms with E-state index in [0.717, 1.165) is 35.1 Å². The van der Waals surface area contributed by atoms with Crippen molar-refractivity contribution < 1.29 is 24.2 Å². The molecule has 2 aliphatic carbocycles. The Morgan fingerprint density at radius 3 is 2.26 bits per heavy atom. The third-order valence-electron chi connectivity index (χ3n) is 6.11. The van der Waals surface area contributed by atoms with Gasteiger partial charge in [0.2, 0.25) is 5.91 Å². The number of carboxylic acid groups (broad SMARTS) is 1. The Labute approximate surface area is 180 Å². The Morgan fingerprint density at radius 2 is 1.61 bits per heavy atom. The van der Waals surface area contributed by atoms with Gasteiger partial charge in [0.15, 0.2) is 0 Å². The molecule has 0 saturated heterocycles. The zero-order chi connectivity index (χ0) is 21.8. The third-order valence-corrected chi connectivity index (χ3v) is 6.11. The molecule has 0 bridgehead atoms. The normalized spacial score (nSPS) is 19.4. The standard InChI is InChI=1S/C24H26N2O5/c27-22(26-16-10-9-15(11-16)12-23(28)29)13-25-24(30)31-14-21-19-7-3-1-5-17(19)18-6-2-4-8-20(18)21/h1-8,15-16,21H,9-14H2,(H,25,30)(H,26,27)(H,28,29). The zero-order valence-corrected chi connectivity index (χ0v) is 17.2. The fraction of sp³-hybridized carbons (Fsp3) is 0.375. The van der Waals surface area contributed by atoms with Crippen molar-refractivity contribution in [2.24, 2.45) is 5.92 Å². The van der Waals surface area contributed by atoms with Crippen LogP contribution in [0.5, 0.6) is 0 Å². The van der Waals surface area contributed by atoms with Crippen LogP contribution in [0.4, 0.5) is 4.79 Å². The maximum Gasteiger partial charge on any atom is 0.407 e. The van der Waals surface area contributed by atoms with Crippen LogP contribution in [0.25, 0.3) is 11.1 Å². The van der Waals surface area contributed by atoms with Gasteiger partial charge in [-0.25, -0.2) is 4.79 Å². The molecule has 7 nitrogen and oxygen atoms in total. The van der Waals surface area contributed by atoms with Gasteiger partial charge in [-0.3, -0.25) is 9.59 Å². The fourth-order valence-corrected chi connectivity index (χ4v) is 4.72. The second kappa shape index (κ2) is 9.20. The molecule has 2 aromatic carbocycles. The van der Waals surface area contributed by atoms with Crippen LogP contribution >= 0.6 is 0 Å². The molecule has 1 fully saturated rings. The van der Waals surface area contributed by atoms with E-state index in [0.29, 0.717) is 6.42 Å². The summed E-state index contributed by atoms with van der Waals surface area (Å²) in [6.45, 7) is 0.0255. The molecule has 31 heavy (non-hydrogen) atoms. The number of carboxylic acids is 1. The monoisotopic (exact) mass is 422 g/mol. The Kier molecular flexibility index (Phi) is 6.21. The predicted octanol–water partition coefficient (Wildman–Crippen LogP) is 3.28. The lowest BCUT2D eigenvalue weighted by molar-refractivity contribution is -0.138. The minimum atomic E-state index is -0.811. The van der Waals surface area contributed by atoms with Crippen LogP contribution in [-0.4, -0.2) is 42.3 Å². The van der Waals surface area contributed by atoms with Crippen LogP contribution in [0.1, 0.15) is 42.7 Å². The molecule has 0 aliphatic heterocycles. The number of ether oxygens (including phenoxy) is 1. The molecule has 2 atom stereocenters. The van der Waals surface area contributed by atoms with Crippen LogP contribution in [0, 0.1) is 5.92 Å². The Morgan fingerprint density at radius 1 is 0.968 bits per heavy atom. The average molecular weight is 422 g/mol. The van der Waals surface area contributed by atoms with Gasteiger partial charge in [0.1, 0.15) is 13.2 Å². The van der Waals surface area contributed by atoms with Gasteiger partial charge in [0.25, 0.3) is 0 Å². The highest BCUT2D eigenvalue weighted by Crippen LogP contribution is 2.44. The quantitative estimate of drug-likeness (QED) is 0.635. The lowest BCUT2D eigenvalue weighted by Gasteiger charge is -2.15. The van der Waals surface area contributed by atoms with Crippen molar-refractivity contribution in [2.75, 3.05) is 13.2 Å². The summed E-state index contributed by atoms with van der Waals surface area (Å²) in [5, 5.41) is 14.2. The minimum absolute atomic E-state index is 0.0309. The summed E-state index contributed by atoms with van der Waals surface area (Å²) in [7, 11) is 0. The summed E-state index contributed by atoms with van der Waals surface area (Å²) in [6.07, 6.45) is 1.70. The van der Waals surface area contributed by atoms with E-state index in [4.69, 9.17) is 9.84 Å². The van der Waals surface area contributed by atoms with Gasteiger partial charge < -0.3 is 20.5 Å². The van der Waals surface area contributed by atoms with Crippen molar-refractivity contribution in [1.29, 1.82) is 0 Å². The lowest BCUT2D eigenvalue weighted by Crippen LogP contribution is -2.41. The SMILES string of the molecule is O=C(O)CC1CCC(NC(=O)CNC(=O)OCC2c3ccccc3-c3ccccc32)C1. The highest BCUT2D eigenvalue weighted by Gasteiger charge is 2.29. The molecule has 2 unspecified atom stereocenters. The number of benzene rings is 2. The summed E-state index contributed by atoms with van der Waals surface area (Å²) in [6, 6.07) is 16.2. The van der Waals surface area contributed by atoms with Gasteiger partial charge >= 0.3 is 12.1 Å². The largest absolute Gasteiger partial charge is 0.481 e. The maximum atomic E-state index is 12.2. The first-order valence-electron chi connectivity index (χ1n) is 10.6. The minimum Gasteiger partial charge on any atom is -0.481 e. The van der Waals surface area contributed by atoms with Crippen LogP contribution in [0.3, 0.4) is 0 Å². The Balaban J connectivity index is 1.24. The molecule has 2 aromatic rings. The molecule has 0 radical (unpaired) electrons. The highest BCUT2D eigenvalue weighted by atomic mass is 16.5. The molecule has 2 amide bonds.